The lowest BCUT2D eigenvalue weighted by Crippen LogP contribution is -2.34. The second-order valence-corrected chi connectivity index (χ2v) is 8.79. The van der Waals surface area contributed by atoms with Gasteiger partial charge < -0.3 is 9.73 Å². The third kappa shape index (κ3) is 4.17. The van der Waals surface area contributed by atoms with E-state index in [-0.39, 0.29) is 11.9 Å². The third-order valence-electron chi connectivity index (χ3n) is 5.24. The Kier molecular flexibility index (Phi) is 5.74. The van der Waals surface area contributed by atoms with Gasteiger partial charge in [-0.2, -0.15) is 5.10 Å². The molecule has 3 aromatic heterocycles. The van der Waals surface area contributed by atoms with Gasteiger partial charge in [0.25, 0.3) is 5.91 Å². The van der Waals surface area contributed by atoms with Crippen LogP contribution in [0.25, 0.3) is 10.2 Å². The fourth-order valence-corrected chi connectivity index (χ4v) is 4.57. The highest BCUT2D eigenvalue weighted by Crippen LogP contribution is 2.29. The van der Waals surface area contributed by atoms with Gasteiger partial charge in [-0.1, -0.05) is 29.8 Å². The molecular weight excluding hydrogens is 396 g/mol. The fourth-order valence-electron chi connectivity index (χ4n) is 3.49. The van der Waals surface area contributed by atoms with Crippen molar-refractivity contribution in [3.63, 3.8) is 0 Å². The quantitative estimate of drug-likeness (QED) is 0.480. The van der Waals surface area contributed by atoms with Crippen molar-refractivity contribution in [2.75, 3.05) is 20.6 Å². The fraction of sp³-hybridized carbons (Fsp3) is 0.304. The molecular formula is C23H26N4O2S. The van der Waals surface area contributed by atoms with Gasteiger partial charge in [0.1, 0.15) is 10.6 Å². The maximum Gasteiger partial charge on any atom is 0.261 e. The maximum absolute atomic E-state index is 12.8. The standard InChI is InChI=1S/C23H26N4O2S/c1-15-7-9-17(10-8-15)14-27-23-18(16(2)25-27)12-21(30-23)22(28)24-13-19(26(3)4)20-6-5-11-29-20/h5-12,19H,13-14H2,1-4H3,(H,24,28). The Morgan fingerprint density at radius 3 is 2.67 bits per heavy atom. The first-order valence-electron chi connectivity index (χ1n) is 9.93. The van der Waals surface area contributed by atoms with Crippen molar-refractivity contribution >= 4 is 27.5 Å². The van der Waals surface area contributed by atoms with E-state index in [1.807, 2.05) is 48.8 Å². The van der Waals surface area contributed by atoms with E-state index in [2.05, 4.69) is 41.6 Å². The summed E-state index contributed by atoms with van der Waals surface area (Å²) in [7, 11) is 3.95. The zero-order valence-corrected chi connectivity index (χ0v) is 18.5. The molecule has 6 nitrogen and oxygen atoms in total. The second kappa shape index (κ2) is 8.45. The number of furan rings is 1. The molecule has 1 atom stereocenters. The normalized spacial score (nSPS) is 12.6. The first-order valence-corrected chi connectivity index (χ1v) is 10.7. The van der Waals surface area contributed by atoms with Crippen LogP contribution in [0.15, 0.2) is 53.1 Å². The molecule has 0 spiro atoms. The minimum Gasteiger partial charge on any atom is -0.468 e. The summed E-state index contributed by atoms with van der Waals surface area (Å²) in [5, 5.41) is 8.76. The van der Waals surface area contributed by atoms with E-state index in [1.54, 1.807) is 6.26 Å². The summed E-state index contributed by atoms with van der Waals surface area (Å²) in [6.07, 6.45) is 1.65. The van der Waals surface area contributed by atoms with Gasteiger partial charge in [0.15, 0.2) is 0 Å². The van der Waals surface area contributed by atoms with Gasteiger partial charge in [0, 0.05) is 11.9 Å². The minimum atomic E-state index is -0.0732. The summed E-state index contributed by atoms with van der Waals surface area (Å²) in [6.45, 7) is 5.23. The number of aromatic nitrogens is 2. The van der Waals surface area contributed by atoms with Gasteiger partial charge in [0.05, 0.1) is 29.4 Å². The Hall–Kier alpha value is -2.90. The predicted molar refractivity (Wildman–Crippen MR) is 120 cm³/mol. The number of aryl methyl sites for hydroxylation is 2. The number of hydrogen-bond donors (Lipinski definition) is 1. The number of benzene rings is 1. The molecule has 0 saturated carbocycles. The van der Waals surface area contributed by atoms with Crippen LogP contribution in [-0.4, -0.2) is 41.2 Å². The molecule has 1 amide bonds. The molecule has 0 fully saturated rings. The lowest BCUT2D eigenvalue weighted by atomic mass is 10.1. The number of carbonyl (C=O) groups is 1. The second-order valence-electron chi connectivity index (χ2n) is 7.76. The molecule has 30 heavy (non-hydrogen) atoms. The summed E-state index contributed by atoms with van der Waals surface area (Å²) in [6, 6.07) is 14.2. The van der Waals surface area contributed by atoms with E-state index in [1.165, 1.54) is 22.5 Å². The van der Waals surface area contributed by atoms with Gasteiger partial charge in [-0.15, -0.1) is 11.3 Å². The Balaban J connectivity index is 1.51. The van der Waals surface area contributed by atoms with Crippen molar-refractivity contribution in [2.45, 2.75) is 26.4 Å². The predicted octanol–water partition coefficient (Wildman–Crippen LogP) is 4.39. The van der Waals surface area contributed by atoms with Gasteiger partial charge >= 0.3 is 0 Å². The molecule has 156 valence electrons. The summed E-state index contributed by atoms with van der Waals surface area (Å²) < 4.78 is 7.51. The van der Waals surface area contributed by atoms with Crippen LogP contribution in [0, 0.1) is 13.8 Å². The zero-order chi connectivity index (χ0) is 21.3. The van der Waals surface area contributed by atoms with Crippen LogP contribution in [0.1, 0.15) is 38.3 Å². The topological polar surface area (TPSA) is 63.3 Å². The smallest absolute Gasteiger partial charge is 0.261 e. The molecule has 0 aliphatic heterocycles. The van der Waals surface area contributed by atoms with E-state index in [4.69, 9.17) is 4.42 Å². The van der Waals surface area contributed by atoms with Crippen LogP contribution in [0.2, 0.25) is 0 Å². The number of amides is 1. The average molecular weight is 423 g/mol. The summed E-state index contributed by atoms with van der Waals surface area (Å²) >= 11 is 1.48. The first-order chi connectivity index (χ1) is 14.4. The highest BCUT2D eigenvalue weighted by atomic mass is 32.1. The maximum atomic E-state index is 12.8. The molecule has 1 N–H and O–H groups in total. The molecule has 4 aromatic rings. The molecule has 4 rings (SSSR count). The van der Waals surface area contributed by atoms with E-state index in [9.17, 15) is 4.79 Å². The molecule has 1 aromatic carbocycles. The van der Waals surface area contributed by atoms with Crippen LogP contribution >= 0.6 is 11.3 Å². The highest BCUT2D eigenvalue weighted by molar-refractivity contribution is 7.20. The van der Waals surface area contributed by atoms with Crippen LogP contribution in [0.5, 0.6) is 0 Å². The average Bonchev–Trinajstić information content (AvgIpc) is 3.43. The van der Waals surface area contributed by atoms with Crippen molar-refractivity contribution < 1.29 is 9.21 Å². The monoisotopic (exact) mass is 422 g/mol. The molecule has 0 saturated heterocycles. The molecule has 3 heterocycles. The molecule has 7 heteroatoms. The van der Waals surface area contributed by atoms with Crippen LogP contribution in [-0.2, 0) is 6.54 Å². The largest absolute Gasteiger partial charge is 0.468 e. The molecule has 0 radical (unpaired) electrons. The number of nitrogens with zero attached hydrogens (tertiary/aromatic N) is 3. The Bertz CT molecular complexity index is 1140. The first kappa shape index (κ1) is 20.4. The van der Waals surface area contributed by atoms with Gasteiger partial charge in [-0.05, 0) is 51.7 Å². The van der Waals surface area contributed by atoms with Crippen molar-refractivity contribution in [1.29, 1.82) is 0 Å². The third-order valence-corrected chi connectivity index (χ3v) is 6.38. The van der Waals surface area contributed by atoms with Crippen molar-refractivity contribution in [2.24, 2.45) is 0 Å². The lowest BCUT2D eigenvalue weighted by molar-refractivity contribution is 0.0943. The number of carbonyl (C=O) groups excluding carboxylic acids is 1. The molecule has 1 unspecified atom stereocenters. The minimum absolute atomic E-state index is 0.0166. The van der Waals surface area contributed by atoms with Crippen LogP contribution < -0.4 is 5.32 Å². The lowest BCUT2D eigenvalue weighted by Gasteiger charge is -2.22. The van der Waals surface area contributed by atoms with E-state index >= 15 is 0 Å². The molecule has 0 bridgehead atoms. The Labute approximate surface area is 180 Å². The van der Waals surface area contributed by atoms with Gasteiger partial charge in [-0.3, -0.25) is 14.4 Å². The summed E-state index contributed by atoms with van der Waals surface area (Å²) in [5.74, 6) is 0.761. The number of nitrogens with one attached hydrogen (secondary N) is 1. The van der Waals surface area contributed by atoms with Crippen LogP contribution in [0.3, 0.4) is 0 Å². The van der Waals surface area contributed by atoms with E-state index in [0.29, 0.717) is 18.0 Å². The van der Waals surface area contributed by atoms with E-state index < -0.39 is 0 Å². The summed E-state index contributed by atoms with van der Waals surface area (Å²) in [4.78, 5) is 16.6. The van der Waals surface area contributed by atoms with Gasteiger partial charge in [-0.25, -0.2) is 0 Å². The van der Waals surface area contributed by atoms with Crippen molar-refractivity contribution in [3.8, 4) is 0 Å². The Morgan fingerprint density at radius 2 is 2.00 bits per heavy atom. The summed E-state index contributed by atoms with van der Waals surface area (Å²) in [5.41, 5.74) is 3.37. The number of likely N-dealkylation sites (N-methyl/N-ethyl adjacent to an activating group) is 1. The highest BCUT2D eigenvalue weighted by Gasteiger charge is 2.20. The Morgan fingerprint density at radius 1 is 1.23 bits per heavy atom. The number of fused-ring (bicyclic) bond motifs is 1. The number of hydrogen-bond acceptors (Lipinski definition) is 5. The number of thiophene rings is 1. The number of rotatable bonds is 7. The molecule has 0 aliphatic carbocycles. The zero-order valence-electron chi connectivity index (χ0n) is 17.7. The van der Waals surface area contributed by atoms with Crippen LogP contribution in [0.4, 0.5) is 0 Å². The van der Waals surface area contributed by atoms with E-state index in [0.717, 1.165) is 21.7 Å². The van der Waals surface area contributed by atoms with Crippen molar-refractivity contribution in [3.05, 3.63) is 76.2 Å². The van der Waals surface area contributed by atoms with Crippen molar-refractivity contribution in [1.82, 2.24) is 20.0 Å². The molecule has 0 aliphatic rings. The SMILES string of the molecule is Cc1ccc(Cn2nc(C)c3cc(C(=O)NCC(c4ccco4)N(C)C)sc32)cc1. The van der Waals surface area contributed by atoms with Gasteiger partial charge in [0.2, 0.25) is 0 Å².